The molecule has 1 aliphatic heterocycles. The number of benzene rings is 3. The van der Waals surface area contributed by atoms with Gasteiger partial charge in [0.25, 0.3) is 15.9 Å². The standard InChI is InChI=1S/C32H38ClN3O5S/c1-40-26-14-17-30(28(33)22-26)41-31-7-3-2-6-29(31)35-42(38,39)27-15-10-24(11-16-27)32(37)34-25-12-8-23(9-13-25)18-21-36-19-4-5-20-36/h2-3,6-7,10-11,14-17,22-23,25,35H,4-5,8-9,12-13,18-21H2,1H3,(H,34,37)/t23-,25-. The van der Waals surface area contributed by atoms with E-state index in [1.54, 1.807) is 54.6 Å². The molecule has 0 unspecified atom stereocenters. The number of para-hydroxylation sites is 2. The number of amides is 1. The van der Waals surface area contributed by atoms with Gasteiger partial charge in [0, 0.05) is 17.7 Å². The highest BCUT2D eigenvalue weighted by molar-refractivity contribution is 7.92. The number of ether oxygens (including phenoxy) is 2. The molecule has 1 amide bonds. The Kier molecular flexibility index (Phi) is 9.92. The van der Waals surface area contributed by atoms with Crippen molar-refractivity contribution in [3.8, 4) is 17.2 Å². The van der Waals surface area contributed by atoms with Crippen molar-refractivity contribution in [2.24, 2.45) is 5.92 Å². The van der Waals surface area contributed by atoms with Crippen LogP contribution in [0.1, 0.15) is 55.3 Å². The molecule has 2 aliphatic rings. The summed E-state index contributed by atoms with van der Waals surface area (Å²) in [6, 6.07) is 17.8. The Morgan fingerprint density at radius 3 is 2.36 bits per heavy atom. The van der Waals surface area contributed by atoms with Gasteiger partial charge in [0.05, 0.1) is 22.7 Å². The number of hydrogen-bond donors (Lipinski definition) is 2. The number of hydrogen-bond acceptors (Lipinski definition) is 6. The molecule has 8 nitrogen and oxygen atoms in total. The van der Waals surface area contributed by atoms with Gasteiger partial charge in [0.2, 0.25) is 0 Å². The zero-order valence-corrected chi connectivity index (χ0v) is 25.4. The van der Waals surface area contributed by atoms with E-state index in [-0.39, 0.29) is 28.3 Å². The van der Waals surface area contributed by atoms with E-state index >= 15 is 0 Å². The summed E-state index contributed by atoms with van der Waals surface area (Å²) in [5.74, 6) is 1.78. The minimum absolute atomic E-state index is 0.0369. The van der Waals surface area contributed by atoms with E-state index in [4.69, 9.17) is 21.1 Å². The summed E-state index contributed by atoms with van der Waals surface area (Å²) in [5, 5.41) is 3.47. The molecular formula is C32H38ClN3O5S. The lowest BCUT2D eigenvalue weighted by Crippen LogP contribution is -2.38. The Morgan fingerprint density at radius 1 is 0.952 bits per heavy atom. The molecule has 0 radical (unpaired) electrons. The van der Waals surface area contributed by atoms with E-state index in [2.05, 4.69) is 14.9 Å². The van der Waals surface area contributed by atoms with Gasteiger partial charge in [-0.2, -0.15) is 0 Å². The Labute approximate surface area is 253 Å². The highest BCUT2D eigenvalue weighted by Crippen LogP contribution is 2.36. The van der Waals surface area contributed by atoms with E-state index in [0.717, 1.165) is 31.6 Å². The fourth-order valence-corrected chi connectivity index (χ4v) is 6.95. The quantitative estimate of drug-likeness (QED) is 0.250. The second-order valence-electron chi connectivity index (χ2n) is 11.1. The van der Waals surface area contributed by atoms with Gasteiger partial charge in [0.15, 0.2) is 5.75 Å². The van der Waals surface area contributed by atoms with Crippen LogP contribution in [0, 0.1) is 5.92 Å². The molecule has 10 heteroatoms. The molecule has 1 saturated carbocycles. The van der Waals surface area contributed by atoms with E-state index in [1.165, 1.54) is 58.1 Å². The van der Waals surface area contributed by atoms with Crippen LogP contribution >= 0.6 is 11.6 Å². The summed E-state index contributed by atoms with van der Waals surface area (Å²) >= 11 is 6.30. The summed E-state index contributed by atoms with van der Waals surface area (Å²) in [4.78, 5) is 15.5. The number of likely N-dealkylation sites (tertiary alicyclic amines) is 1. The van der Waals surface area contributed by atoms with Crippen LogP contribution in [0.25, 0.3) is 0 Å². The maximum absolute atomic E-state index is 13.2. The molecule has 0 spiro atoms. The van der Waals surface area contributed by atoms with Gasteiger partial charge in [-0.25, -0.2) is 8.42 Å². The van der Waals surface area contributed by atoms with Crippen LogP contribution < -0.4 is 19.5 Å². The van der Waals surface area contributed by atoms with Crippen LogP contribution in [0.15, 0.2) is 71.6 Å². The largest absolute Gasteiger partial charge is 0.497 e. The molecule has 0 bridgehead atoms. The number of nitrogens with one attached hydrogen (secondary N) is 2. The topological polar surface area (TPSA) is 97.0 Å². The van der Waals surface area contributed by atoms with Crippen molar-refractivity contribution < 1.29 is 22.7 Å². The molecular weight excluding hydrogens is 574 g/mol. The maximum atomic E-state index is 13.2. The lowest BCUT2D eigenvalue weighted by Gasteiger charge is -2.30. The van der Waals surface area contributed by atoms with Crippen molar-refractivity contribution >= 4 is 33.2 Å². The molecule has 1 saturated heterocycles. The number of anilines is 1. The molecule has 1 heterocycles. The van der Waals surface area contributed by atoms with Gasteiger partial charge in [-0.3, -0.25) is 9.52 Å². The van der Waals surface area contributed by atoms with Gasteiger partial charge in [-0.15, -0.1) is 0 Å². The van der Waals surface area contributed by atoms with E-state index in [0.29, 0.717) is 22.1 Å². The molecule has 3 aromatic rings. The second kappa shape index (κ2) is 13.8. The number of sulfonamides is 1. The summed E-state index contributed by atoms with van der Waals surface area (Å²) in [6.45, 7) is 3.67. The minimum atomic E-state index is -3.95. The fraction of sp³-hybridized carbons (Fsp3) is 0.406. The Hall–Kier alpha value is -3.27. The van der Waals surface area contributed by atoms with Crippen LogP contribution in [-0.4, -0.2) is 52.0 Å². The van der Waals surface area contributed by atoms with Crippen LogP contribution in [0.3, 0.4) is 0 Å². The predicted octanol–water partition coefficient (Wildman–Crippen LogP) is 6.72. The maximum Gasteiger partial charge on any atom is 0.262 e. The van der Waals surface area contributed by atoms with Gasteiger partial charge >= 0.3 is 0 Å². The third-order valence-corrected chi connectivity index (χ3v) is 9.83. The normalized spacial score (nSPS) is 19.3. The molecule has 42 heavy (non-hydrogen) atoms. The molecule has 1 aliphatic carbocycles. The number of nitrogens with zero attached hydrogens (tertiary/aromatic N) is 1. The SMILES string of the molecule is COc1ccc(Oc2ccccc2NS(=O)(=O)c2ccc(C(=O)N[C@H]3CC[C@H](CCN4CCCC4)CC3)cc2)c(Cl)c1. The second-order valence-corrected chi connectivity index (χ2v) is 13.1. The lowest BCUT2D eigenvalue weighted by atomic mass is 9.84. The average molecular weight is 612 g/mol. The molecule has 224 valence electrons. The van der Waals surface area contributed by atoms with Gasteiger partial charge in [-0.05, 0) is 119 Å². The summed E-state index contributed by atoms with van der Waals surface area (Å²) in [6.07, 6.45) is 8.13. The highest BCUT2D eigenvalue weighted by Gasteiger charge is 2.24. The molecule has 0 aromatic heterocycles. The molecule has 2 N–H and O–H groups in total. The number of rotatable bonds is 11. The van der Waals surface area contributed by atoms with Crippen LogP contribution in [0.2, 0.25) is 5.02 Å². The first-order valence-corrected chi connectivity index (χ1v) is 16.4. The van der Waals surface area contributed by atoms with E-state index in [9.17, 15) is 13.2 Å². The van der Waals surface area contributed by atoms with Crippen molar-refractivity contribution in [1.29, 1.82) is 0 Å². The van der Waals surface area contributed by atoms with Crippen molar-refractivity contribution in [2.45, 2.75) is 55.9 Å². The van der Waals surface area contributed by atoms with E-state index in [1.807, 2.05) is 0 Å². The van der Waals surface area contributed by atoms with Crippen LogP contribution in [0.4, 0.5) is 5.69 Å². The minimum Gasteiger partial charge on any atom is -0.497 e. The lowest BCUT2D eigenvalue weighted by molar-refractivity contribution is 0.0920. The number of carbonyl (C=O) groups is 1. The first-order valence-electron chi connectivity index (χ1n) is 14.6. The summed E-state index contributed by atoms with van der Waals surface area (Å²) in [7, 11) is -2.42. The zero-order valence-electron chi connectivity index (χ0n) is 23.9. The number of carbonyl (C=O) groups excluding carboxylic acids is 1. The van der Waals surface area contributed by atoms with Crippen LogP contribution in [-0.2, 0) is 10.0 Å². The number of halogens is 1. The average Bonchev–Trinajstić information content (AvgIpc) is 3.52. The highest BCUT2D eigenvalue weighted by atomic mass is 35.5. The zero-order chi connectivity index (χ0) is 29.5. The van der Waals surface area contributed by atoms with Crippen molar-refractivity contribution in [1.82, 2.24) is 10.2 Å². The Morgan fingerprint density at radius 2 is 1.67 bits per heavy atom. The molecule has 5 rings (SSSR count). The van der Waals surface area contributed by atoms with Gasteiger partial charge in [0.1, 0.15) is 11.5 Å². The van der Waals surface area contributed by atoms with E-state index < -0.39 is 10.0 Å². The molecule has 0 atom stereocenters. The third-order valence-electron chi connectivity index (χ3n) is 8.15. The third kappa shape index (κ3) is 7.76. The first kappa shape index (κ1) is 30.2. The van der Waals surface area contributed by atoms with Gasteiger partial charge in [-0.1, -0.05) is 23.7 Å². The molecule has 3 aromatic carbocycles. The van der Waals surface area contributed by atoms with Crippen molar-refractivity contribution in [3.05, 3.63) is 77.3 Å². The Balaban J connectivity index is 1.16. The fourth-order valence-electron chi connectivity index (χ4n) is 5.67. The van der Waals surface area contributed by atoms with Crippen LogP contribution in [0.5, 0.6) is 17.2 Å². The summed E-state index contributed by atoms with van der Waals surface area (Å²) < 4.78 is 40.1. The summed E-state index contributed by atoms with van der Waals surface area (Å²) in [5.41, 5.74) is 0.685. The predicted molar refractivity (Wildman–Crippen MR) is 165 cm³/mol. The molecule has 2 fully saturated rings. The smallest absolute Gasteiger partial charge is 0.262 e. The monoisotopic (exact) mass is 611 g/mol. The van der Waals surface area contributed by atoms with Gasteiger partial charge < -0.3 is 19.7 Å². The Bertz CT molecular complexity index is 1470. The first-order chi connectivity index (χ1) is 20.3. The number of methoxy groups -OCH3 is 1. The van der Waals surface area contributed by atoms with Crippen molar-refractivity contribution in [2.75, 3.05) is 31.5 Å². The van der Waals surface area contributed by atoms with Crippen molar-refractivity contribution in [3.63, 3.8) is 0 Å².